The minimum Gasteiger partial charge on any atom is -0.487 e. The molecule has 1 saturated heterocycles. The molecule has 0 unspecified atom stereocenters. The van der Waals surface area contributed by atoms with Crippen molar-refractivity contribution in [3.05, 3.63) is 47.8 Å². The Morgan fingerprint density at radius 3 is 2.88 bits per heavy atom. The lowest BCUT2D eigenvalue weighted by Crippen LogP contribution is -2.48. The zero-order chi connectivity index (χ0) is 18.0. The molecule has 1 N–H and O–H groups in total. The molecule has 1 amide bonds. The van der Waals surface area contributed by atoms with E-state index in [0.717, 1.165) is 36.3 Å². The molecule has 2 aliphatic rings. The number of carbonyl (C=O) groups is 1. The number of hydrogen-bond donors (Lipinski definition) is 1. The maximum absolute atomic E-state index is 12.6. The van der Waals surface area contributed by atoms with E-state index >= 15 is 0 Å². The van der Waals surface area contributed by atoms with Crippen LogP contribution in [-0.4, -0.2) is 34.5 Å². The van der Waals surface area contributed by atoms with Gasteiger partial charge in [0, 0.05) is 44.0 Å². The Labute approximate surface area is 153 Å². The van der Waals surface area contributed by atoms with Crippen molar-refractivity contribution in [3.8, 4) is 5.75 Å². The summed E-state index contributed by atoms with van der Waals surface area (Å²) in [6.07, 6.45) is 4.83. The van der Waals surface area contributed by atoms with Crippen molar-refractivity contribution < 1.29 is 14.3 Å². The van der Waals surface area contributed by atoms with E-state index in [-0.39, 0.29) is 17.6 Å². The lowest BCUT2D eigenvalue weighted by Gasteiger charge is -2.44. The van der Waals surface area contributed by atoms with E-state index in [1.165, 1.54) is 0 Å². The van der Waals surface area contributed by atoms with E-state index in [1.807, 2.05) is 48.1 Å². The number of para-hydroxylation sites is 1. The monoisotopic (exact) mass is 355 g/mol. The first-order valence-electron chi connectivity index (χ1n) is 9.29. The first-order valence-corrected chi connectivity index (χ1v) is 9.29. The Kier molecular flexibility index (Phi) is 4.68. The zero-order valence-electron chi connectivity index (χ0n) is 15.1. The quantitative estimate of drug-likeness (QED) is 0.916. The number of benzene rings is 1. The number of nitrogens with one attached hydrogen (secondary N) is 1. The predicted molar refractivity (Wildman–Crippen MR) is 96.9 cm³/mol. The molecule has 3 heterocycles. The van der Waals surface area contributed by atoms with E-state index in [1.54, 1.807) is 0 Å². The summed E-state index contributed by atoms with van der Waals surface area (Å²) in [4.78, 5) is 12.6. The van der Waals surface area contributed by atoms with Gasteiger partial charge in [-0.15, -0.1) is 0 Å². The molecule has 26 heavy (non-hydrogen) atoms. The summed E-state index contributed by atoms with van der Waals surface area (Å²) in [7, 11) is 0. The molecule has 1 aromatic carbocycles. The summed E-state index contributed by atoms with van der Waals surface area (Å²) < 4.78 is 13.7. The standard InChI is InChI=1S/C20H25N3O3/c1-15-6-10-23(22-15)11-7-19(24)21-17-14-20(8-12-25-13-9-20)26-18-5-3-2-4-16(17)18/h2-6,10,17H,7-9,11-14H2,1H3,(H,21,24)/t17-/m1/s1. The van der Waals surface area contributed by atoms with E-state index in [2.05, 4.69) is 10.4 Å². The van der Waals surface area contributed by atoms with E-state index in [0.29, 0.717) is 26.2 Å². The predicted octanol–water partition coefficient (Wildman–Crippen LogP) is 2.77. The van der Waals surface area contributed by atoms with Crippen molar-refractivity contribution in [1.82, 2.24) is 15.1 Å². The van der Waals surface area contributed by atoms with Gasteiger partial charge in [-0.05, 0) is 19.1 Å². The fourth-order valence-corrected chi connectivity index (χ4v) is 3.87. The Morgan fingerprint density at radius 1 is 1.31 bits per heavy atom. The number of carbonyl (C=O) groups excluding carboxylic acids is 1. The normalized spacial score (nSPS) is 21.0. The van der Waals surface area contributed by atoms with Crippen LogP contribution in [0.1, 0.15) is 43.0 Å². The number of nitrogens with zero attached hydrogens (tertiary/aromatic N) is 2. The summed E-state index contributed by atoms with van der Waals surface area (Å²) in [6, 6.07) is 9.94. The number of aromatic nitrogens is 2. The molecule has 1 fully saturated rings. The van der Waals surface area contributed by atoms with Crippen LogP contribution in [0.5, 0.6) is 5.75 Å². The Bertz CT molecular complexity index is 780. The molecule has 0 bridgehead atoms. The van der Waals surface area contributed by atoms with Gasteiger partial charge < -0.3 is 14.8 Å². The second-order valence-corrected chi connectivity index (χ2v) is 7.23. The van der Waals surface area contributed by atoms with Crippen LogP contribution in [0.4, 0.5) is 0 Å². The van der Waals surface area contributed by atoms with Crippen molar-refractivity contribution in [2.45, 2.75) is 50.8 Å². The second kappa shape index (κ2) is 7.11. The number of hydrogen-bond acceptors (Lipinski definition) is 4. The molecule has 4 rings (SSSR count). The highest BCUT2D eigenvalue weighted by Crippen LogP contribution is 2.43. The molecule has 138 valence electrons. The minimum atomic E-state index is -0.232. The van der Waals surface area contributed by atoms with Crippen LogP contribution in [0.15, 0.2) is 36.5 Å². The molecular weight excluding hydrogens is 330 g/mol. The fourth-order valence-electron chi connectivity index (χ4n) is 3.87. The maximum Gasteiger partial charge on any atom is 0.222 e. The SMILES string of the molecule is Cc1ccn(CCC(=O)N[C@@H]2CC3(CCOCC3)Oc3ccccc32)n1. The lowest BCUT2D eigenvalue weighted by atomic mass is 9.82. The van der Waals surface area contributed by atoms with Gasteiger partial charge in [-0.3, -0.25) is 9.48 Å². The Balaban J connectivity index is 1.46. The molecule has 0 aliphatic carbocycles. The maximum atomic E-state index is 12.6. The third-order valence-electron chi connectivity index (χ3n) is 5.28. The molecule has 1 aromatic heterocycles. The van der Waals surface area contributed by atoms with Crippen LogP contribution in [0, 0.1) is 6.92 Å². The summed E-state index contributed by atoms with van der Waals surface area (Å²) in [6.45, 7) is 3.95. The molecule has 1 spiro atoms. The van der Waals surface area contributed by atoms with Crippen LogP contribution >= 0.6 is 0 Å². The van der Waals surface area contributed by atoms with Crippen LogP contribution < -0.4 is 10.1 Å². The first kappa shape index (κ1) is 17.1. The van der Waals surface area contributed by atoms with Gasteiger partial charge in [0.2, 0.25) is 5.91 Å². The molecule has 0 saturated carbocycles. The summed E-state index contributed by atoms with van der Waals surface area (Å²) in [5.41, 5.74) is 1.79. The van der Waals surface area contributed by atoms with Crippen molar-refractivity contribution in [2.75, 3.05) is 13.2 Å². The van der Waals surface area contributed by atoms with Gasteiger partial charge in [-0.1, -0.05) is 18.2 Å². The van der Waals surface area contributed by atoms with Crippen LogP contribution in [-0.2, 0) is 16.1 Å². The average molecular weight is 355 g/mol. The van der Waals surface area contributed by atoms with Gasteiger partial charge in [0.25, 0.3) is 0 Å². The number of rotatable bonds is 4. The van der Waals surface area contributed by atoms with Crippen molar-refractivity contribution in [3.63, 3.8) is 0 Å². The van der Waals surface area contributed by atoms with Gasteiger partial charge in [0.05, 0.1) is 24.9 Å². The molecule has 0 radical (unpaired) electrons. The van der Waals surface area contributed by atoms with Gasteiger partial charge in [0.15, 0.2) is 0 Å². The fraction of sp³-hybridized carbons (Fsp3) is 0.500. The number of ether oxygens (including phenoxy) is 2. The largest absolute Gasteiger partial charge is 0.487 e. The van der Waals surface area contributed by atoms with Gasteiger partial charge in [-0.2, -0.15) is 5.10 Å². The summed E-state index contributed by atoms with van der Waals surface area (Å²) >= 11 is 0. The third kappa shape index (κ3) is 3.60. The van der Waals surface area contributed by atoms with Crippen molar-refractivity contribution in [2.24, 2.45) is 0 Å². The Hall–Kier alpha value is -2.34. The average Bonchev–Trinajstić information content (AvgIpc) is 3.06. The van der Waals surface area contributed by atoms with Crippen molar-refractivity contribution >= 4 is 5.91 Å². The molecule has 2 aromatic rings. The first-order chi connectivity index (χ1) is 12.6. The topological polar surface area (TPSA) is 65.4 Å². The van der Waals surface area contributed by atoms with Crippen molar-refractivity contribution in [1.29, 1.82) is 0 Å². The van der Waals surface area contributed by atoms with Crippen LogP contribution in [0.3, 0.4) is 0 Å². The highest BCUT2D eigenvalue weighted by atomic mass is 16.5. The highest BCUT2D eigenvalue weighted by molar-refractivity contribution is 5.76. The summed E-state index contributed by atoms with van der Waals surface area (Å²) in [5, 5.41) is 7.56. The number of amides is 1. The van der Waals surface area contributed by atoms with Gasteiger partial charge in [0.1, 0.15) is 11.4 Å². The number of aryl methyl sites for hydroxylation is 2. The molecule has 6 heteroatoms. The van der Waals surface area contributed by atoms with E-state index < -0.39 is 0 Å². The molecular formula is C20H25N3O3. The van der Waals surface area contributed by atoms with Crippen LogP contribution in [0.25, 0.3) is 0 Å². The van der Waals surface area contributed by atoms with E-state index in [4.69, 9.17) is 9.47 Å². The van der Waals surface area contributed by atoms with Gasteiger partial charge >= 0.3 is 0 Å². The summed E-state index contributed by atoms with van der Waals surface area (Å²) in [5.74, 6) is 0.927. The molecule has 1 atom stereocenters. The third-order valence-corrected chi connectivity index (χ3v) is 5.28. The zero-order valence-corrected chi connectivity index (χ0v) is 15.1. The van der Waals surface area contributed by atoms with Crippen LogP contribution in [0.2, 0.25) is 0 Å². The Morgan fingerprint density at radius 2 is 2.12 bits per heavy atom. The highest BCUT2D eigenvalue weighted by Gasteiger charge is 2.42. The minimum absolute atomic E-state index is 0.0232. The smallest absolute Gasteiger partial charge is 0.222 e. The van der Waals surface area contributed by atoms with Gasteiger partial charge in [-0.25, -0.2) is 0 Å². The second-order valence-electron chi connectivity index (χ2n) is 7.23. The number of fused-ring (bicyclic) bond motifs is 1. The van der Waals surface area contributed by atoms with E-state index in [9.17, 15) is 4.79 Å². The molecule has 6 nitrogen and oxygen atoms in total. The molecule has 2 aliphatic heterocycles. The lowest BCUT2D eigenvalue weighted by molar-refractivity contribution is -0.123.